The zero-order chi connectivity index (χ0) is 16.3. The summed E-state index contributed by atoms with van der Waals surface area (Å²) in [5.74, 6) is -1.27. The number of hydrogen-bond donors (Lipinski definition) is 3. The topological polar surface area (TPSA) is 108 Å². The van der Waals surface area contributed by atoms with E-state index in [0.717, 1.165) is 5.01 Å². The van der Waals surface area contributed by atoms with Gasteiger partial charge in [-0.3, -0.25) is 4.79 Å². The Hall–Kier alpha value is -2.22. The summed E-state index contributed by atoms with van der Waals surface area (Å²) in [4.78, 5) is 35.1. The molecular weight excluding hydrogens is 304 g/mol. The average molecular weight is 322 g/mol. The van der Waals surface area contributed by atoms with Crippen molar-refractivity contribution in [3.63, 3.8) is 0 Å². The highest BCUT2D eigenvalue weighted by Crippen LogP contribution is 2.24. The summed E-state index contributed by atoms with van der Waals surface area (Å²) in [7, 11) is 0. The zero-order valence-corrected chi connectivity index (χ0v) is 13.4. The molecule has 7 nitrogen and oxygen atoms in total. The number of carbonyl (C=O) groups excluding carboxylic acids is 1. The molecule has 2 rings (SSSR count). The molecule has 0 aliphatic heterocycles. The Morgan fingerprint density at radius 2 is 2.18 bits per heavy atom. The lowest BCUT2D eigenvalue weighted by Gasteiger charge is -2.13. The molecule has 3 N–H and O–H groups in total. The van der Waals surface area contributed by atoms with Crippen molar-refractivity contribution in [3.8, 4) is 0 Å². The fraction of sp³-hybridized carbons (Fsp3) is 0.429. The Morgan fingerprint density at radius 1 is 1.45 bits per heavy atom. The molecule has 0 spiro atoms. The number of rotatable bonds is 6. The van der Waals surface area contributed by atoms with Crippen LogP contribution in [0.5, 0.6) is 0 Å². The molecule has 0 radical (unpaired) electrons. The highest BCUT2D eigenvalue weighted by atomic mass is 32.1. The normalized spacial score (nSPS) is 12.4. The Balaban J connectivity index is 2.12. The third kappa shape index (κ3) is 3.70. The number of aryl methyl sites for hydroxylation is 1. The van der Waals surface area contributed by atoms with Crippen LogP contribution < -0.4 is 5.32 Å². The number of imidazole rings is 1. The number of nitrogens with one attached hydrogen (secondary N) is 2. The summed E-state index contributed by atoms with van der Waals surface area (Å²) < 4.78 is 0. The molecule has 1 atom stereocenters. The van der Waals surface area contributed by atoms with Crippen molar-refractivity contribution in [1.82, 2.24) is 20.3 Å². The van der Waals surface area contributed by atoms with E-state index < -0.39 is 17.9 Å². The van der Waals surface area contributed by atoms with Crippen LogP contribution in [0.25, 0.3) is 0 Å². The van der Waals surface area contributed by atoms with Crippen LogP contribution in [0.1, 0.15) is 45.8 Å². The first-order valence-electron chi connectivity index (χ1n) is 6.86. The molecule has 0 aliphatic carbocycles. The number of amides is 1. The molecule has 2 heterocycles. The van der Waals surface area contributed by atoms with E-state index in [0.29, 0.717) is 16.3 Å². The Labute approximate surface area is 131 Å². The number of carboxylic acid groups (broad SMARTS) is 1. The van der Waals surface area contributed by atoms with Gasteiger partial charge >= 0.3 is 5.97 Å². The van der Waals surface area contributed by atoms with Gasteiger partial charge in [-0.05, 0) is 6.92 Å². The summed E-state index contributed by atoms with van der Waals surface area (Å²) in [5, 5.41) is 12.7. The lowest BCUT2D eigenvalue weighted by atomic mass is 10.1. The Morgan fingerprint density at radius 3 is 2.68 bits per heavy atom. The first-order chi connectivity index (χ1) is 10.4. The highest BCUT2D eigenvalue weighted by Gasteiger charge is 2.24. The van der Waals surface area contributed by atoms with Crippen molar-refractivity contribution in [2.45, 2.75) is 39.2 Å². The molecule has 1 amide bonds. The van der Waals surface area contributed by atoms with Crippen LogP contribution in [0.15, 0.2) is 12.5 Å². The van der Waals surface area contributed by atoms with E-state index in [4.69, 9.17) is 0 Å². The van der Waals surface area contributed by atoms with Crippen LogP contribution in [0.3, 0.4) is 0 Å². The molecule has 0 saturated heterocycles. The van der Waals surface area contributed by atoms with Crippen LogP contribution in [-0.4, -0.2) is 38.0 Å². The SMILES string of the molecule is Cc1nc(C(C)C)sc1C(=O)N[C@@H](Cc1cnc[nH]1)C(=O)O. The fourth-order valence-electron chi connectivity index (χ4n) is 1.92. The minimum Gasteiger partial charge on any atom is -0.480 e. The smallest absolute Gasteiger partial charge is 0.326 e. The van der Waals surface area contributed by atoms with Crippen molar-refractivity contribution < 1.29 is 14.7 Å². The van der Waals surface area contributed by atoms with E-state index in [2.05, 4.69) is 20.3 Å². The molecule has 0 aromatic carbocycles. The lowest BCUT2D eigenvalue weighted by Crippen LogP contribution is -2.42. The maximum absolute atomic E-state index is 12.3. The fourth-order valence-corrected chi connectivity index (χ4v) is 2.89. The van der Waals surface area contributed by atoms with Crippen LogP contribution in [0, 0.1) is 6.92 Å². The second kappa shape index (κ2) is 6.69. The molecule has 22 heavy (non-hydrogen) atoms. The third-order valence-electron chi connectivity index (χ3n) is 3.10. The Kier molecular flexibility index (Phi) is 4.92. The van der Waals surface area contributed by atoms with Gasteiger partial charge in [0.2, 0.25) is 0 Å². The number of carboxylic acids is 1. The van der Waals surface area contributed by atoms with Gasteiger partial charge in [-0.1, -0.05) is 13.8 Å². The van der Waals surface area contributed by atoms with Crippen LogP contribution in [0.2, 0.25) is 0 Å². The van der Waals surface area contributed by atoms with E-state index in [9.17, 15) is 14.7 Å². The Bertz CT molecular complexity index is 664. The van der Waals surface area contributed by atoms with Gasteiger partial charge in [-0.15, -0.1) is 11.3 Å². The van der Waals surface area contributed by atoms with E-state index in [1.807, 2.05) is 13.8 Å². The highest BCUT2D eigenvalue weighted by molar-refractivity contribution is 7.13. The van der Waals surface area contributed by atoms with E-state index in [1.54, 1.807) is 6.92 Å². The summed E-state index contributed by atoms with van der Waals surface area (Å²) >= 11 is 1.30. The second-order valence-electron chi connectivity index (χ2n) is 5.27. The van der Waals surface area contributed by atoms with Gasteiger partial charge in [-0.2, -0.15) is 0 Å². The molecule has 0 bridgehead atoms. The number of H-pyrrole nitrogens is 1. The minimum absolute atomic E-state index is 0.149. The summed E-state index contributed by atoms with van der Waals surface area (Å²) in [6.45, 7) is 5.75. The molecule has 0 unspecified atom stereocenters. The van der Waals surface area contributed by atoms with Gasteiger partial charge in [0, 0.05) is 24.2 Å². The first kappa shape index (κ1) is 16.2. The minimum atomic E-state index is -1.09. The molecule has 2 aromatic rings. The van der Waals surface area contributed by atoms with E-state index in [1.165, 1.54) is 23.9 Å². The number of hydrogen-bond acceptors (Lipinski definition) is 5. The predicted octanol–water partition coefficient (Wildman–Crippen LogP) is 1.72. The standard InChI is InChI=1S/C14H18N4O3S/c1-7(2)13-17-8(3)11(22-13)12(19)18-10(14(20)21)4-9-5-15-6-16-9/h5-7,10H,4H2,1-3H3,(H,15,16)(H,18,19)(H,20,21)/t10-/m0/s1. The van der Waals surface area contributed by atoms with Crippen LogP contribution in [-0.2, 0) is 11.2 Å². The predicted molar refractivity (Wildman–Crippen MR) is 82.1 cm³/mol. The monoisotopic (exact) mass is 322 g/mol. The molecule has 0 saturated carbocycles. The number of aromatic nitrogens is 3. The maximum atomic E-state index is 12.3. The van der Waals surface area contributed by atoms with Gasteiger partial charge in [0.25, 0.3) is 5.91 Å². The van der Waals surface area contributed by atoms with Crippen LogP contribution in [0.4, 0.5) is 0 Å². The van der Waals surface area contributed by atoms with Crippen molar-refractivity contribution in [1.29, 1.82) is 0 Å². The molecule has 8 heteroatoms. The van der Waals surface area contributed by atoms with Crippen molar-refractivity contribution in [2.75, 3.05) is 0 Å². The van der Waals surface area contributed by atoms with Gasteiger partial charge in [0.05, 0.1) is 17.0 Å². The summed E-state index contributed by atoms with van der Waals surface area (Å²) in [5.41, 5.74) is 1.27. The van der Waals surface area contributed by atoms with Crippen molar-refractivity contribution in [2.24, 2.45) is 0 Å². The third-order valence-corrected chi connectivity index (χ3v) is 4.55. The van der Waals surface area contributed by atoms with Gasteiger partial charge in [0.15, 0.2) is 0 Å². The van der Waals surface area contributed by atoms with Gasteiger partial charge < -0.3 is 15.4 Å². The van der Waals surface area contributed by atoms with Crippen molar-refractivity contribution >= 4 is 23.2 Å². The van der Waals surface area contributed by atoms with E-state index in [-0.39, 0.29) is 12.3 Å². The van der Waals surface area contributed by atoms with Gasteiger partial charge in [-0.25, -0.2) is 14.8 Å². The van der Waals surface area contributed by atoms with Crippen LogP contribution >= 0.6 is 11.3 Å². The molecule has 118 valence electrons. The van der Waals surface area contributed by atoms with Crippen molar-refractivity contribution in [3.05, 3.63) is 33.8 Å². The number of aromatic amines is 1. The number of aliphatic carboxylic acids is 1. The summed E-state index contributed by atoms with van der Waals surface area (Å²) in [6, 6.07) is -1.02. The molecule has 0 aliphatic rings. The number of carbonyl (C=O) groups is 2. The first-order valence-corrected chi connectivity index (χ1v) is 7.68. The van der Waals surface area contributed by atoms with E-state index >= 15 is 0 Å². The van der Waals surface area contributed by atoms with Gasteiger partial charge in [0.1, 0.15) is 10.9 Å². The number of thiazole rings is 1. The quantitative estimate of drug-likeness (QED) is 0.750. The second-order valence-corrected chi connectivity index (χ2v) is 6.30. The molecule has 2 aromatic heterocycles. The maximum Gasteiger partial charge on any atom is 0.326 e. The number of nitrogens with zero attached hydrogens (tertiary/aromatic N) is 2. The molecular formula is C14H18N4O3S. The summed E-state index contributed by atoms with van der Waals surface area (Å²) in [6.07, 6.45) is 3.16. The lowest BCUT2D eigenvalue weighted by molar-refractivity contribution is -0.139. The largest absolute Gasteiger partial charge is 0.480 e. The molecule has 0 fully saturated rings. The average Bonchev–Trinajstić information content (AvgIpc) is 3.07. The zero-order valence-electron chi connectivity index (χ0n) is 12.6.